The van der Waals surface area contributed by atoms with E-state index in [4.69, 9.17) is 0 Å². The van der Waals surface area contributed by atoms with Crippen LogP contribution in [0.3, 0.4) is 0 Å². The fraction of sp³-hybridized carbons (Fsp3) is 0.800. The van der Waals surface area contributed by atoms with Crippen LogP contribution in [-0.4, -0.2) is 64.9 Å². The number of nitrogens with one attached hydrogen (secondary N) is 1. The molecule has 5 nitrogen and oxygen atoms in total. The van der Waals surface area contributed by atoms with Crippen molar-refractivity contribution in [2.24, 2.45) is 0 Å². The van der Waals surface area contributed by atoms with E-state index in [1.165, 1.54) is 38.4 Å². The number of fused-ring (bicyclic) bond motifs is 3. The molecule has 0 saturated carbocycles. The lowest BCUT2D eigenvalue weighted by atomic mass is 9.97. The van der Waals surface area contributed by atoms with Crippen LogP contribution in [-0.2, 0) is 6.54 Å². The quantitative estimate of drug-likeness (QED) is 0.842. The van der Waals surface area contributed by atoms with Gasteiger partial charge in [-0.15, -0.1) is 0 Å². The van der Waals surface area contributed by atoms with Crippen molar-refractivity contribution in [2.75, 3.05) is 39.3 Å². The second-order valence-electron chi connectivity index (χ2n) is 6.04. The number of halogens is 1. The molecule has 0 radical (unpaired) electrons. The number of hydrogen-bond donors (Lipinski definition) is 1. The summed E-state index contributed by atoms with van der Waals surface area (Å²) in [6.45, 7) is 12.4. The maximum Gasteiger partial charge on any atom is 0.0712 e. The zero-order valence-electron chi connectivity index (χ0n) is 13.1. The molecule has 21 heavy (non-hydrogen) atoms. The fourth-order valence-electron chi connectivity index (χ4n) is 3.68. The zero-order valence-corrected chi connectivity index (χ0v) is 14.6. The third-order valence-electron chi connectivity index (χ3n) is 4.69. The second-order valence-corrected chi connectivity index (χ2v) is 6.89. The topological polar surface area (TPSA) is 36.3 Å². The highest BCUT2D eigenvalue weighted by Gasteiger charge is 2.38. The molecule has 3 saturated heterocycles. The summed E-state index contributed by atoms with van der Waals surface area (Å²) in [4.78, 5) is 5.26. The predicted molar refractivity (Wildman–Crippen MR) is 88.4 cm³/mol. The summed E-state index contributed by atoms with van der Waals surface area (Å²) in [5, 5.41) is 8.28. The molecule has 1 aromatic heterocycles. The standard InChI is InChI=1S/C15H26BrN5/c1-3-5-21-15(12(16)10-18-21)14(17-4-2)13-11-19-6-8-20(13)9-7-19/h10,13-14,17H,3-9,11H2,1-2H3. The van der Waals surface area contributed by atoms with Crippen molar-refractivity contribution in [1.29, 1.82) is 0 Å². The number of piperazine rings is 3. The first-order valence-electron chi connectivity index (χ1n) is 8.15. The highest BCUT2D eigenvalue weighted by Crippen LogP contribution is 2.31. The van der Waals surface area contributed by atoms with E-state index in [0.717, 1.165) is 24.0 Å². The number of likely N-dealkylation sites (N-methyl/N-ethyl adjacent to an activating group) is 1. The predicted octanol–water partition coefficient (Wildman–Crippen LogP) is 1.71. The van der Waals surface area contributed by atoms with Gasteiger partial charge >= 0.3 is 0 Å². The van der Waals surface area contributed by atoms with Gasteiger partial charge in [0.25, 0.3) is 0 Å². The molecule has 4 rings (SSSR count). The van der Waals surface area contributed by atoms with Crippen LogP contribution < -0.4 is 5.32 Å². The molecule has 2 atom stereocenters. The lowest BCUT2D eigenvalue weighted by Gasteiger charge is -2.50. The summed E-state index contributed by atoms with van der Waals surface area (Å²) >= 11 is 3.72. The molecule has 0 amide bonds. The van der Waals surface area contributed by atoms with Crippen LogP contribution in [0.5, 0.6) is 0 Å². The second kappa shape index (κ2) is 6.77. The summed E-state index contributed by atoms with van der Waals surface area (Å²) in [6, 6.07) is 0.901. The van der Waals surface area contributed by atoms with Crippen LogP contribution >= 0.6 is 15.9 Å². The van der Waals surface area contributed by atoms with E-state index in [-0.39, 0.29) is 0 Å². The van der Waals surface area contributed by atoms with Gasteiger partial charge in [0.05, 0.1) is 22.4 Å². The van der Waals surface area contributed by atoms with Gasteiger partial charge in [-0.1, -0.05) is 13.8 Å². The lowest BCUT2D eigenvalue weighted by Crippen LogP contribution is -2.64. The van der Waals surface area contributed by atoms with Crippen LogP contribution in [0.15, 0.2) is 10.7 Å². The Morgan fingerprint density at radius 3 is 2.67 bits per heavy atom. The Hall–Kier alpha value is -0.430. The van der Waals surface area contributed by atoms with Crippen LogP contribution in [0.1, 0.15) is 32.0 Å². The van der Waals surface area contributed by atoms with Gasteiger partial charge in [-0.2, -0.15) is 5.10 Å². The Kier molecular flexibility index (Phi) is 4.99. The van der Waals surface area contributed by atoms with Gasteiger partial charge in [-0.25, -0.2) is 0 Å². The molecule has 0 aliphatic carbocycles. The van der Waals surface area contributed by atoms with Gasteiger partial charge in [0.15, 0.2) is 0 Å². The number of hydrogen-bond acceptors (Lipinski definition) is 4. The highest BCUT2D eigenvalue weighted by molar-refractivity contribution is 9.10. The molecule has 3 aliphatic rings. The van der Waals surface area contributed by atoms with Gasteiger partial charge in [0, 0.05) is 45.3 Å². The van der Waals surface area contributed by atoms with Crippen molar-refractivity contribution >= 4 is 15.9 Å². The van der Waals surface area contributed by atoms with Crippen molar-refractivity contribution in [3.63, 3.8) is 0 Å². The maximum absolute atomic E-state index is 4.56. The molecular weight excluding hydrogens is 330 g/mol. The molecule has 1 N–H and O–H groups in total. The molecule has 3 aliphatic heterocycles. The van der Waals surface area contributed by atoms with E-state index >= 15 is 0 Å². The fourth-order valence-corrected chi connectivity index (χ4v) is 4.22. The lowest BCUT2D eigenvalue weighted by molar-refractivity contribution is -0.00486. The number of aryl methyl sites for hydroxylation is 1. The monoisotopic (exact) mass is 355 g/mol. The highest BCUT2D eigenvalue weighted by atomic mass is 79.9. The van der Waals surface area contributed by atoms with Gasteiger partial charge < -0.3 is 5.32 Å². The minimum absolute atomic E-state index is 0.349. The molecule has 1 aromatic rings. The molecule has 118 valence electrons. The van der Waals surface area contributed by atoms with Crippen molar-refractivity contribution in [3.05, 3.63) is 16.4 Å². The molecule has 4 heterocycles. The van der Waals surface area contributed by atoms with Gasteiger partial charge in [0.1, 0.15) is 0 Å². The molecule has 0 spiro atoms. The number of rotatable bonds is 6. The molecular formula is C15H26BrN5. The summed E-state index contributed by atoms with van der Waals surface area (Å²) in [7, 11) is 0. The first-order valence-corrected chi connectivity index (χ1v) is 8.94. The van der Waals surface area contributed by atoms with Crippen LogP contribution in [0.2, 0.25) is 0 Å². The van der Waals surface area contributed by atoms with Crippen molar-refractivity contribution in [1.82, 2.24) is 24.9 Å². The summed E-state index contributed by atoms with van der Waals surface area (Å²) in [5.41, 5.74) is 1.32. The first-order chi connectivity index (χ1) is 10.2. The summed E-state index contributed by atoms with van der Waals surface area (Å²) in [6.07, 6.45) is 3.06. The Morgan fingerprint density at radius 1 is 1.33 bits per heavy atom. The molecule has 3 fully saturated rings. The Labute approximate surface area is 135 Å². The van der Waals surface area contributed by atoms with E-state index in [9.17, 15) is 0 Å². The average molecular weight is 356 g/mol. The van der Waals surface area contributed by atoms with E-state index in [1.807, 2.05) is 6.20 Å². The smallest absolute Gasteiger partial charge is 0.0712 e. The molecule has 0 aromatic carbocycles. The van der Waals surface area contributed by atoms with Crippen molar-refractivity contribution in [3.8, 4) is 0 Å². The van der Waals surface area contributed by atoms with E-state index in [2.05, 4.69) is 54.7 Å². The number of aromatic nitrogens is 2. The Balaban J connectivity index is 1.89. The van der Waals surface area contributed by atoms with Crippen LogP contribution in [0.25, 0.3) is 0 Å². The normalized spacial score (nSPS) is 29.8. The van der Waals surface area contributed by atoms with E-state index in [1.54, 1.807) is 0 Å². The Morgan fingerprint density at radius 2 is 2.10 bits per heavy atom. The third-order valence-corrected chi connectivity index (χ3v) is 5.30. The summed E-state index contributed by atoms with van der Waals surface area (Å²) in [5.74, 6) is 0. The van der Waals surface area contributed by atoms with Crippen molar-refractivity contribution in [2.45, 2.75) is 38.9 Å². The van der Waals surface area contributed by atoms with E-state index in [0.29, 0.717) is 12.1 Å². The first kappa shape index (κ1) is 15.5. The van der Waals surface area contributed by atoms with Crippen molar-refractivity contribution < 1.29 is 0 Å². The third kappa shape index (κ3) is 3.04. The number of nitrogens with zero attached hydrogens (tertiary/aromatic N) is 4. The largest absolute Gasteiger partial charge is 0.308 e. The Bertz CT molecular complexity index is 467. The van der Waals surface area contributed by atoms with Gasteiger partial charge in [-0.3, -0.25) is 14.5 Å². The van der Waals surface area contributed by atoms with Gasteiger partial charge in [-0.05, 0) is 28.9 Å². The van der Waals surface area contributed by atoms with Crippen LogP contribution in [0.4, 0.5) is 0 Å². The minimum atomic E-state index is 0.349. The SMILES string of the molecule is CCCn1ncc(Br)c1C(NCC)C1CN2CCN1CC2. The molecule has 2 bridgehead atoms. The summed E-state index contributed by atoms with van der Waals surface area (Å²) < 4.78 is 3.32. The van der Waals surface area contributed by atoms with Crippen LogP contribution in [0, 0.1) is 0 Å². The molecule has 2 unspecified atom stereocenters. The zero-order chi connectivity index (χ0) is 14.8. The molecule has 6 heteroatoms. The van der Waals surface area contributed by atoms with Gasteiger partial charge in [0.2, 0.25) is 0 Å². The minimum Gasteiger partial charge on any atom is -0.308 e. The maximum atomic E-state index is 4.56. The van der Waals surface area contributed by atoms with E-state index < -0.39 is 0 Å². The average Bonchev–Trinajstić information content (AvgIpc) is 2.87.